The highest BCUT2D eigenvalue weighted by atomic mass is 31.2. The second kappa shape index (κ2) is 38.2. The number of phosphoric acid groups is 1. The maximum atomic E-state index is 12.5. The molecule has 0 fully saturated rings. The summed E-state index contributed by atoms with van der Waals surface area (Å²) in [6.45, 7) is 4.67. The predicted octanol–water partition coefficient (Wildman–Crippen LogP) is 11.2. The van der Waals surface area contributed by atoms with Gasteiger partial charge in [0.1, 0.15) is 6.10 Å². The van der Waals surface area contributed by atoms with Crippen LogP contribution in [0.15, 0.2) is 72.9 Å². The van der Waals surface area contributed by atoms with Crippen molar-refractivity contribution < 1.29 is 32.8 Å². The highest BCUT2D eigenvalue weighted by Crippen LogP contribution is 2.43. The van der Waals surface area contributed by atoms with Gasteiger partial charge in [0.05, 0.1) is 19.8 Å². The molecule has 0 radical (unpaired) electrons. The second-order valence-electron chi connectivity index (χ2n) is 12.4. The summed E-state index contributed by atoms with van der Waals surface area (Å²) in [4.78, 5) is 22.4. The van der Waals surface area contributed by atoms with Crippen LogP contribution in [0.1, 0.15) is 142 Å². The molecule has 288 valence electrons. The Hall–Kier alpha value is -2.06. The number of phosphoric ester groups is 1. The Bertz CT molecular complexity index is 989. The summed E-state index contributed by atoms with van der Waals surface area (Å²) in [5, 5.41) is 0. The topological polar surface area (TPSA) is 117 Å². The number of rotatable bonds is 36. The van der Waals surface area contributed by atoms with Gasteiger partial charge in [-0.3, -0.25) is 13.8 Å². The van der Waals surface area contributed by atoms with E-state index in [0.29, 0.717) is 13.0 Å². The molecule has 0 saturated carbocycles. The van der Waals surface area contributed by atoms with E-state index in [1.165, 1.54) is 57.8 Å². The molecule has 0 aliphatic rings. The van der Waals surface area contributed by atoms with Gasteiger partial charge in [-0.05, 0) is 77.0 Å². The molecule has 9 heteroatoms. The SMILES string of the molecule is CC/C=C\C/C=C\C/C=C\C/C=C\C/C=C\CCCC(=O)OC(COCCCCCCCC/C=C\CCCCCC)COP(=O)(O)OCCN. The quantitative estimate of drug-likeness (QED) is 0.0284. The van der Waals surface area contributed by atoms with E-state index in [-0.39, 0.29) is 32.8 Å². The lowest BCUT2D eigenvalue weighted by atomic mass is 10.1. The van der Waals surface area contributed by atoms with Crippen molar-refractivity contribution >= 4 is 13.8 Å². The van der Waals surface area contributed by atoms with Gasteiger partial charge in [-0.2, -0.15) is 0 Å². The number of carbonyl (C=O) groups is 1. The number of carbonyl (C=O) groups excluding carboxylic acids is 1. The molecule has 0 aromatic carbocycles. The lowest BCUT2D eigenvalue weighted by Crippen LogP contribution is -2.28. The molecule has 0 aromatic heterocycles. The lowest BCUT2D eigenvalue weighted by molar-refractivity contribution is -0.154. The third-order valence-electron chi connectivity index (χ3n) is 7.61. The summed E-state index contributed by atoms with van der Waals surface area (Å²) in [5.74, 6) is -0.392. The summed E-state index contributed by atoms with van der Waals surface area (Å²) in [6, 6.07) is 0. The zero-order valence-corrected chi connectivity index (χ0v) is 32.5. The van der Waals surface area contributed by atoms with Gasteiger partial charge in [0.15, 0.2) is 0 Å². The molecule has 0 aliphatic carbocycles. The number of nitrogens with two attached hydrogens (primary N) is 1. The first-order chi connectivity index (χ1) is 24.4. The molecule has 2 atom stereocenters. The standard InChI is InChI=1S/C41H72NO7P/c1-3-5-7-9-11-13-15-17-19-20-21-22-24-26-28-30-32-34-41(43)49-40(39-48-50(44,45)47-37-35-42)38-46-36-33-31-29-27-25-23-18-16-14-12-10-8-6-4-2/h5,7,11,13-14,16-17,19,21-22,26,28,40H,3-4,6,8-10,12,15,18,20,23-25,27,29-39,42H2,1-2H3,(H,44,45)/b7-5-,13-11-,16-14-,19-17-,22-21-,28-26-. The van der Waals surface area contributed by atoms with Crippen LogP contribution in [0.4, 0.5) is 0 Å². The van der Waals surface area contributed by atoms with E-state index >= 15 is 0 Å². The van der Waals surface area contributed by atoms with E-state index in [1.54, 1.807) is 0 Å². The van der Waals surface area contributed by atoms with E-state index in [9.17, 15) is 14.3 Å². The number of allylic oxidation sites excluding steroid dienone is 12. The van der Waals surface area contributed by atoms with Crippen LogP contribution in [0.5, 0.6) is 0 Å². The van der Waals surface area contributed by atoms with Gasteiger partial charge in [-0.25, -0.2) is 4.57 Å². The summed E-state index contributed by atoms with van der Waals surface area (Å²) in [7, 11) is -4.29. The Balaban J connectivity index is 4.23. The van der Waals surface area contributed by atoms with Gasteiger partial charge in [-0.15, -0.1) is 0 Å². The molecule has 0 heterocycles. The average Bonchev–Trinajstić information content (AvgIpc) is 3.10. The number of ether oxygens (including phenoxy) is 2. The van der Waals surface area contributed by atoms with Crippen LogP contribution in [-0.2, 0) is 27.9 Å². The minimum atomic E-state index is -4.29. The third kappa shape index (κ3) is 37.2. The maximum Gasteiger partial charge on any atom is 0.472 e. The summed E-state index contributed by atoms with van der Waals surface area (Å²) < 4.78 is 33.2. The number of unbranched alkanes of at least 4 members (excludes halogenated alkanes) is 11. The number of hydrogen-bond acceptors (Lipinski definition) is 7. The highest BCUT2D eigenvalue weighted by Gasteiger charge is 2.25. The van der Waals surface area contributed by atoms with Crippen LogP contribution in [0, 0.1) is 0 Å². The van der Waals surface area contributed by atoms with Crippen LogP contribution in [0.25, 0.3) is 0 Å². The first-order valence-corrected chi connectivity index (χ1v) is 20.9. The minimum absolute atomic E-state index is 0.0855. The highest BCUT2D eigenvalue weighted by molar-refractivity contribution is 7.47. The van der Waals surface area contributed by atoms with E-state index in [2.05, 4.69) is 86.8 Å². The molecule has 0 aromatic rings. The molecule has 0 amide bonds. The van der Waals surface area contributed by atoms with Crippen molar-refractivity contribution in [2.75, 3.05) is 33.0 Å². The van der Waals surface area contributed by atoms with Gasteiger partial charge in [-0.1, -0.05) is 132 Å². The fraction of sp³-hybridized carbons (Fsp3) is 0.683. The van der Waals surface area contributed by atoms with Crippen LogP contribution in [0.3, 0.4) is 0 Å². The zero-order chi connectivity index (χ0) is 36.6. The van der Waals surface area contributed by atoms with Crippen LogP contribution >= 0.6 is 7.82 Å². The van der Waals surface area contributed by atoms with Crippen molar-refractivity contribution in [3.63, 3.8) is 0 Å². The van der Waals surface area contributed by atoms with Crippen molar-refractivity contribution in [2.45, 2.75) is 148 Å². The Morgan fingerprint density at radius 1 is 0.620 bits per heavy atom. The predicted molar refractivity (Wildman–Crippen MR) is 210 cm³/mol. The van der Waals surface area contributed by atoms with E-state index < -0.39 is 19.9 Å². The Kier molecular flexibility index (Phi) is 36.6. The summed E-state index contributed by atoms with van der Waals surface area (Å²) >= 11 is 0. The third-order valence-corrected chi connectivity index (χ3v) is 8.59. The lowest BCUT2D eigenvalue weighted by Gasteiger charge is -2.20. The van der Waals surface area contributed by atoms with Crippen molar-refractivity contribution in [3.8, 4) is 0 Å². The van der Waals surface area contributed by atoms with Gasteiger partial charge in [0.2, 0.25) is 0 Å². The molecule has 0 bridgehead atoms. The van der Waals surface area contributed by atoms with Crippen molar-refractivity contribution in [2.24, 2.45) is 5.73 Å². The molecule has 0 spiro atoms. The zero-order valence-electron chi connectivity index (χ0n) is 31.6. The van der Waals surface area contributed by atoms with E-state index in [4.69, 9.17) is 24.3 Å². The minimum Gasteiger partial charge on any atom is -0.457 e. The number of hydrogen-bond donors (Lipinski definition) is 2. The summed E-state index contributed by atoms with van der Waals surface area (Å²) in [5.41, 5.74) is 5.35. The molecule has 0 rings (SSSR count). The van der Waals surface area contributed by atoms with Gasteiger partial charge < -0.3 is 20.1 Å². The van der Waals surface area contributed by atoms with Gasteiger partial charge >= 0.3 is 13.8 Å². The van der Waals surface area contributed by atoms with E-state index in [1.807, 2.05) is 0 Å². The molecule has 8 nitrogen and oxygen atoms in total. The van der Waals surface area contributed by atoms with Crippen molar-refractivity contribution in [1.29, 1.82) is 0 Å². The fourth-order valence-electron chi connectivity index (χ4n) is 4.79. The number of esters is 1. The van der Waals surface area contributed by atoms with Crippen LogP contribution in [-0.4, -0.2) is 49.9 Å². The molecule has 50 heavy (non-hydrogen) atoms. The van der Waals surface area contributed by atoms with Gasteiger partial charge in [0.25, 0.3) is 0 Å². The molecular weight excluding hydrogens is 649 g/mol. The second-order valence-corrected chi connectivity index (χ2v) is 13.9. The molecule has 2 unspecified atom stereocenters. The molecular formula is C41H72NO7P. The molecule has 3 N–H and O–H groups in total. The largest absolute Gasteiger partial charge is 0.472 e. The van der Waals surface area contributed by atoms with E-state index in [0.717, 1.165) is 57.8 Å². The Morgan fingerprint density at radius 2 is 1.12 bits per heavy atom. The molecule has 0 aliphatic heterocycles. The first kappa shape index (κ1) is 47.9. The Labute approximate surface area is 305 Å². The average molecular weight is 722 g/mol. The summed E-state index contributed by atoms with van der Waals surface area (Å²) in [6.07, 6.45) is 46.3. The van der Waals surface area contributed by atoms with Crippen LogP contribution in [0.2, 0.25) is 0 Å². The monoisotopic (exact) mass is 722 g/mol. The normalized spacial score (nSPS) is 14.4. The van der Waals surface area contributed by atoms with Crippen molar-refractivity contribution in [1.82, 2.24) is 0 Å². The first-order valence-electron chi connectivity index (χ1n) is 19.4. The smallest absolute Gasteiger partial charge is 0.457 e. The fourth-order valence-corrected chi connectivity index (χ4v) is 5.55. The van der Waals surface area contributed by atoms with Crippen molar-refractivity contribution in [3.05, 3.63) is 72.9 Å². The Morgan fingerprint density at radius 3 is 1.70 bits per heavy atom. The van der Waals surface area contributed by atoms with Crippen LogP contribution < -0.4 is 5.73 Å². The maximum absolute atomic E-state index is 12.5. The van der Waals surface area contributed by atoms with Gasteiger partial charge in [0, 0.05) is 19.6 Å². The molecule has 0 saturated heterocycles.